The Hall–Kier alpha value is -1.40. The highest BCUT2D eigenvalue weighted by Crippen LogP contribution is 2.37. The van der Waals surface area contributed by atoms with Crippen molar-refractivity contribution in [2.75, 3.05) is 7.11 Å². The summed E-state index contributed by atoms with van der Waals surface area (Å²) in [6.45, 7) is 0. The summed E-state index contributed by atoms with van der Waals surface area (Å²) in [5.41, 5.74) is 0.993. The molecule has 6 heteroatoms. The summed E-state index contributed by atoms with van der Waals surface area (Å²) < 4.78 is 7.32. The van der Waals surface area contributed by atoms with Gasteiger partial charge in [-0.2, -0.15) is 0 Å². The molecule has 19 heavy (non-hydrogen) atoms. The molecule has 1 aliphatic rings. The molecule has 5 nitrogen and oxygen atoms in total. The first-order chi connectivity index (χ1) is 9.28. The number of hydrogen-bond acceptors (Lipinski definition) is 5. The first kappa shape index (κ1) is 12.6. The fraction of sp³-hybridized carbons (Fsp3) is 0.462. The average Bonchev–Trinajstić information content (AvgIpc) is 2.76. The lowest BCUT2D eigenvalue weighted by molar-refractivity contribution is 0.0456. The van der Waals surface area contributed by atoms with Crippen LogP contribution in [-0.4, -0.2) is 38.2 Å². The molecule has 0 bridgehead atoms. The normalized spacial score (nSPS) is 22.2. The van der Waals surface area contributed by atoms with Gasteiger partial charge in [0.05, 0.1) is 6.10 Å². The van der Waals surface area contributed by atoms with Crippen LogP contribution in [0.25, 0.3) is 11.4 Å². The monoisotopic (exact) mass is 276 g/mol. The number of hydrogen-bond donors (Lipinski definition) is 0. The van der Waals surface area contributed by atoms with Crippen LogP contribution in [-0.2, 0) is 11.8 Å². The SMILES string of the molecule is COC1CC(Sc2nnc(-c3cccnc3)n2C)C1. The molecule has 0 saturated heterocycles. The molecule has 1 saturated carbocycles. The Morgan fingerprint density at radius 3 is 2.89 bits per heavy atom. The number of ether oxygens (including phenoxy) is 1. The summed E-state index contributed by atoms with van der Waals surface area (Å²) in [4.78, 5) is 4.12. The molecule has 2 aromatic rings. The topological polar surface area (TPSA) is 52.8 Å². The van der Waals surface area contributed by atoms with Gasteiger partial charge in [0.25, 0.3) is 0 Å². The Kier molecular flexibility index (Phi) is 3.52. The van der Waals surface area contributed by atoms with Gasteiger partial charge in [-0.05, 0) is 25.0 Å². The van der Waals surface area contributed by atoms with Gasteiger partial charge in [0, 0.05) is 37.4 Å². The lowest BCUT2D eigenvalue weighted by Crippen LogP contribution is -2.32. The van der Waals surface area contributed by atoms with Crippen LogP contribution in [0.4, 0.5) is 0 Å². The van der Waals surface area contributed by atoms with Crippen LogP contribution in [0.5, 0.6) is 0 Å². The van der Waals surface area contributed by atoms with Crippen molar-refractivity contribution in [3.63, 3.8) is 0 Å². The second-order valence-electron chi connectivity index (χ2n) is 4.68. The fourth-order valence-corrected chi connectivity index (χ4v) is 3.37. The van der Waals surface area contributed by atoms with E-state index >= 15 is 0 Å². The Morgan fingerprint density at radius 1 is 1.37 bits per heavy atom. The van der Waals surface area contributed by atoms with Crippen LogP contribution in [0.2, 0.25) is 0 Å². The van der Waals surface area contributed by atoms with Gasteiger partial charge in [-0.15, -0.1) is 10.2 Å². The zero-order chi connectivity index (χ0) is 13.2. The Labute approximate surface area is 116 Å². The number of pyridine rings is 1. The van der Waals surface area contributed by atoms with Gasteiger partial charge in [0.15, 0.2) is 11.0 Å². The number of nitrogens with zero attached hydrogens (tertiary/aromatic N) is 4. The van der Waals surface area contributed by atoms with Crippen LogP contribution in [0, 0.1) is 0 Å². The van der Waals surface area contributed by atoms with Crippen molar-refractivity contribution >= 4 is 11.8 Å². The summed E-state index contributed by atoms with van der Waals surface area (Å²) in [5.74, 6) is 0.859. The molecule has 2 heterocycles. The molecule has 0 unspecified atom stereocenters. The molecule has 0 atom stereocenters. The number of rotatable bonds is 4. The van der Waals surface area contributed by atoms with Gasteiger partial charge in [0.1, 0.15) is 0 Å². The Balaban J connectivity index is 1.73. The lowest BCUT2D eigenvalue weighted by Gasteiger charge is -2.32. The molecule has 0 aliphatic heterocycles. The highest BCUT2D eigenvalue weighted by Gasteiger charge is 2.31. The zero-order valence-corrected chi connectivity index (χ0v) is 11.8. The van der Waals surface area contributed by atoms with E-state index in [9.17, 15) is 0 Å². The minimum absolute atomic E-state index is 0.420. The molecule has 1 aliphatic carbocycles. The number of thioether (sulfide) groups is 1. The first-order valence-corrected chi connectivity index (χ1v) is 7.15. The third kappa shape index (κ3) is 2.50. The molecule has 1 fully saturated rings. The molecule has 2 aromatic heterocycles. The standard InChI is InChI=1S/C13H16N4OS/c1-17-12(9-4-3-5-14-8-9)15-16-13(17)19-11-6-10(7-11)18-2/h3-5,8,10-11H,6-7H2,1-2H3. The lowest BCUT2D eigenvalue weighted by atomic mass is 9.95. The molecule has 3 rings (SSSR count). The Bertz CT molecular complexity index is 551. The minimum Gasteiger partial charge on any atom is -0.381 e. The van der Waals surface area contributed by atoms with Crippen molar-refractivity contribution < 1.29 is 4.74 Å². The molecule has 0 radical (unpaired) electrons. The summed E-state index contributed by atoms with van der Waals surface area (Å²) in [6.07, 6.45) is 6.17. The van der Waals surface area contributed by atoms with Crippen molar-refractivity contribution in [3.8, 4) is 11.4 Å². The molecule has 100 valence electrons. The fourth-order valence-electron chi connectivity index (χ4n) is 2.12. The molecule has 0 aromatic carbocycles. The van der Waals surface area contributed by atoms with Crippen molar-refractivity contribution in [2.24, 2.45) is 7.05 Å². The van der Waals surface area contributed by atoms with Crippen LogP contribution in [0.15, 0.2) is 29.7 Å². The van der Waals surface area contributed by atoms with Gasteiger partial charge < -0.3 is 9.30 Å². The minimum atomic E-state index is 0.420. The van der Waals surface area contributed by atoms with Crippen LogP contribution >= 0.6 is 11.8 Å². The third-order valence-corrected chi connectivity index (χ3v) is 4.70. The van der Waals surface area contributed by atoms with E-state index in [-0.39, 0.29) is 0 Å². The molecular formula is C13H16N4OS. The molecule has 0 spiro atoms. The van der Waals surface area contributed by atoms with Gasteiger partial charge >= 0.3 is 0 Å². The average molecular weight is 276 g/mol. The second-order valence-corrected chi connectivity index (χ2v) is 5.94. The first-order valence-electron chi connectivity index (χ1n) is 6.27. The highest BCUT2D eigenvalue weighted by molar-refractivity contribution is 7.99. The summed E-state index contributed by atoms with van der Waals surface area (Å²) in [6, 6.07) is 3.90. The van der Waals surface area contributed by atoms with E-state index in [4.69, 9.17) is 4.74 Å². The summed E-state index contributed by atoms with van der Waals surface area (Å²) in [7, 11) is 3.77. The zero-order valence-electron chi connectivity index (χ0n) is 11.0. The molecule has 0 N–H and O–H groups in total. The van der Waals surface area contributed by atoms with Crippen LogP contribution in [0.1, 0.15) is 12.8 Å². The third-order valence-electron chi connectivity index (χ3n) is 3.41. The van der Waals surface area contributed by atoms with E-state index in [0.717, 1.165) is 29.4 Å². The maximum atomic E-state index is 5.29. The molecular weight excluding hydrogens is 260 g/mol. The van der Waals surface area contributed by atoms with Crippen LogP contribution < -0.4 is 0 Å². The van der Waals surface area contributed by atoms with Crippen molar-refractivity contribution in [2.45, 2.75) is 29.4 Å². The predicted molar refractivity (Wildman–Crippen MR) is 73.9 cm³/mol. The van der Waals surface area contributed by atoms with E-state index in [1.165, 1.54) is 0 Å². The number of aromatic nitrogens is 4. The molecule has 0 amide bonds. The quantitative estimate of drug-likeness (QED) is 0.856. The van der Waals surface area contributed by atoms with E-state index in [1.54, 1.807) is 25.1 Å². The van der Waals surface area contributed by atoms with Gasteiger partial charge in [-0.1, -0.05) is 11.8 Å². The summed E-state index contributed by atoms with van der Waals surface area (Å²) >= 11 is 1.78. The van der Waals surface area contributed by atoms with E-state index in [0.29, 0.717) is 11.4 Å². The second kappa shape index (κ2) is 5.30. The maximum absolute atomic E-state index is 5.29. The Morgan fingerprint density at radius 2 is 2.21 bits per heavy atom. The van der Waals surface area contributed by atoms with E-state index in [2.05, 4.69) is 15.2 Å². The maximum Gasteiger partial charge on any atom is 0.191 e. The largest absolute Gasteiger partial charge is 0.381 e. The van der Waals surface area contributed by atoms with Crippen molar-refractivity contribution in [3.05, 3.63) is 24.5 Å². The highest BCUT2D eigenvalue weighted by atomic mass is 32.2. The van der Waals surface area contributed by atoms with E-state index in [1.807, 2.05) is 29.9 Å². The van der Waals surface area contributed by atoms with Crippen molar-refractivity contribution in [1.29, 1.82) is 0 Å². The van der Waals surface area contributed by atoms with Gasteiger partial charge in [-0.3, -0.25) is 4.98 Å². The predicted octanol–water partition coefficient (Wildman–Crippen LogP) is 2.15. The van der Waals surface area contributed by atoms with Crippen LogP contribution in [0.3, 0.4) is 0 Å². The number of methoxy groups -OCH3 is 1. The summed E-state index contributed by atoms with van der Waals surface area (Å²) in [5, 5.41) is 10.1. The van der Waals surface area contributed by atoms with E-state index < -0.39 is 0 Å². The smallest absolute Gasteiger partial charge is 0.191 e. The van der Waals surface area contributed by atoms with Crippen molar-refractivity contribution in [1.82, 2.24) is 19.7 Å². The van der Waals surface area contributed by atoms with Gasteiger partial charge in [0.2, 0.25) is 0 Å². The van der Waals surface area contributed by atoms with Gasteiger partial charge in [-0.25, -0.2) is 0 Å².